The molecule has 19 heteroatoms. The SMILES string of the molecule is CCCCCCCCCCCCCCCCC(=O)OC[C@H](COP(=O)(O)OC[C@@H](O)COP(=O)(O)OC[C@@H](COC(=O)CCCCCCCCCCC)OC(=O)CCCCCCCCCCCCCCCC)OC(=O)CCCCCCCCCCCCC(C)CC. The lowest BCUT2D eigenvalue weighted by atomic mass is 9.99. The molecule has 0 heterocycles. The van der Waals surface area contributed by atoms with Gasteiger partial charge in [0.1, 0.15) is 19.3 Å². The largest absolute Gasteiger partial charge is 0.472 e. The van der Waals surface area contributed by atoms with E-state index in [1.54, 1.807) is 0 Å². The molecule has 0 aliphatic heterocycles. The second-order valence-electron chi connectivity index (χ2n) is 26.2. The van der Waals surface area contributed by atoms with Gasteiger partial charge in [0.25, 0.3) is 0 Å². The molecule has 540 valence electrons. The molecule has 0 aromatic carbocycles. The first-order chi connectivity index (χ1) is 44.1. The number of phosphoric ester groups is 2. The Balaban J connectivity index is 5.24. The molecule has 0 saturated carbocycles. The highest BCUT2D eigenvalue weighted by Gasteiger charge is 2.30. The molecule has 0 aromatic heterocycles. The molecule has 0 bridgehead atoms. The van der Waals surface area contributed by atoms with Crippen LogP contribution >= 0.6 is 15.6 Å². The molecular weight excluding hydrogens is 1200 g/mol. The fourth-order valence-electron chi connectivity index (χ4n) is 11.0. The van der Waals surface area contributed by atoms with Crippen molar-refractivity contribution in [2.45, 2.75) is 393 Å². The second kappa shape index (κ2) is 65.4. The van der Waals surface area contributed by atoms with Crippen LogP contribution in [0, 0.1) is 5.92 Å². The third-order valence-electron chi connectivity index (χ3n) is 17.1. The molecule has 0 aliphatic rings. The Morgan fingerprint density at radius 3 is 0.780 bits per heavy atom. The van der Waals surface area contributed by atoms with E-state index < -0.39 is 97.5 Å². The molecule has 0 fully saturated rings. The van der Waals surface area contributed by atoms with Crippen molar-refractivity contribution in [3.63, 3.8) is 0 Å². The number of phosphoric acid groups is 2. The van der Waals surface area contributed by atoms with Gasteiger partial charge in [-0.2, -0.15) is 0 Å². The summed E-state index contributed by atoms with van der Waals surface area (Å²) in [5.74, 6) is -1.31. The highest BCUT2D eigenvalue weighted by molar-refractivity contribution is 7.47. The summed E-state index contributed by atoms with van der Waals surface area (Å²) in [5, 5.41) is 10.6. The Kier molecular flexibility index (Phi) is 64.0. The average Bonchev–Trinajstić information content (AvgIpc) is 3.66. The molecule has 0 rings (SSSR count). The summed E-state index contributed by atoms with van der Waals surface area (Å²) in [7, 11) is -9.90. The standard InChI is InChI=1S/C72H140O17P2/c1-6-10-13-16-19-22-24-26-28-30-36-41-46-51-56-70(75)83-62-68(89-72(77)58-53-48-43-38-33-32-35-39-44-49-54-65(5)9-4)64-87-91(80,81)85-60-66(73)59-84-90(78,79)86-63-67(61-82-69(74)55-50-45-40-34-21-18-15-12-8-3)88-71(76)57-52-47-42-37-31-29-27-25-23-20-17-14-11-7-2/h65-68,73H,6-64H2,1-5H3,(H,78,79)(H,80,81)/t65?,66-,67+,68+/m0/s1. The van der Waals surface area contributed by atoms with Crippen molar-refractivity contribution in [3.05, 3.63) is 0 Å². The Morgan fingerprint density at radius 1 is 0.308 bits per heavy atom. The van der Waals surface area contributed by atoms with Crippen LogP contribution in [-0.2, 0) is 65.4 Å². The number of hydrogen-bond acceptors (Lipinski definition) is 15. The van der Waals surface area contributed by atoms with Gasteiger partial charge >= 0.3 is 39.5 Å². The van der Waals surface area contributed by atoms with Crippen molar-refractivity contribution in [3.8, 4) is 0 Å². The van der Waals surface area contributed by atoms with E-state index in [9.17, 15) is 43.2 Å². The van der Waals surface area contributed by atoms with Crippen LogP contribution in [0.4, 0.5) is 0 Å². The predicted molar refractivity (Wildman–Crippen MR) is 368 cm³/mol. The van der Waals surface area contributed by atoms with Gasteiger partial charge in [0.05, 0.1) is 26.4 Å². The number of unbranched alkanes of at least 4 members (excludes halogenated alkanes) is 43. The molecule has 0 radical (unpaired) electrons. The van der Waals surface area contributed by atoms with Crippen LogP contribution in [0.3, 0.4) is 0 Å². The predicted octanol–water partition coefficient (Wildman–Crippen LogP) is 20.9. The van der Waals surface area contributed by atoms with Crippen molar-refractivity contribution < 1.29 is 80.2 Å². The molecule has 3 unspecified atom stereocenters. The van der Waals surface area contributed by atoms with E-state index in [2.05, 4.69) is 34.6 Å². The maximum Gasteiger partial charge on any atom is 0.472 e. The molecule has 17 nitrogen and oxygen atoms in total. The molecule has 91 heavy (non-hydrogen) atoms. The molecular formula is C72H140O17P2. The van der Waals surface area contributed by atoms with E-state index in [1.165, 1.54) is 199 Å². The number of rotatable bonds is 72. The third kappa shape index (κ3) is 65.1. The Bertz CT molecular complexity index is 1760. The summed E-state index contributed by atoms with van der Waals surface area (Å²) in [6.07, 6.45) is 52.5. The van der Waals surface area contributed by atoms with Gasteiger partial charge in [0, 0.05) is 25.7 Å². The topological polar surface area (TPSA) is 237 Å². The minimum Gasteiger partial charge on any atom is -0.462 e. The Hall–Kier alpha value is -1.94. The van der Waals surface area contributed by atoms with E-state index in [4.69, 9.17) is 37.0 Å². The molecule has 6 atom stereocenters. The monoisotopic (exact) mass is 1340 g/mol. The van der Waals surface area contributed by atoms with Crippen LogP contribution in [0.25, 0.3) is 0 Å². The smallest absolute Gasteiger partial charge is 0.462 e. The Labute approximate surface area is 556 Å². The van der Waals surface area contributed by atoms with Crippen LogP contribution in [0.15, 0.2) is 0 Å². The molecule has 0 aromatic rings. The molecule has 0 saturated heterocycles. The lowest BCUT2D eigenvalue weighted by molar-refractivity contribution is -0.161. The van der Waals surface area contributed by atoms with Crippen LogP contribution in [-0.4, -0.2) is 96.7 Å². The summed E-state index contributed by atoms with van der Waals surface area (Å²) >= 11 is 0. The minimum absolute atomic E-state index is 0.107. The summed E-state index contributed by atoms with van der Waals surface area (Å²) in [5.41, 5.74) is 0. The summed E-state index contributed by atoms with van der Waals surface area (Å²) < 4.78 is 68.4. The van der Waals surface area contributed by atoms with Crippen LogP contribution in [0.2, 0.25) is 0 Å². The van der Waals surface area contributed by atoms with Crippen molar-refractivity contribution in [1.29, 1.82) is 0 Å². The molecule has 3 N–H and O–H groups in total. The quantitative estimate of drug-likeness (QED) is 0.0222. The normalized spacial score (nSPS) is 14.3. The first kappa shape index (κ1) is 89.1. The van der Waals surface area contributed by atoms with Gasteiger partial charge in [0.2, 0.25) is 0 Å². The number of aliphatic hydroxyl groups excluding tert-OH is 1. The van der Waals surface area contributed by atoms with Crippen LogP contribution in [0.5, 0.6) is 0 Å². The molecule has 0 amide bonds. The zero-order valence-electron chi connectivity index (χ0n) is 59.0. The highest BCUT2D eigenvalue weighted by atomic mass is 31.2. The minimum atomic E-state index is -4.95. The zero-order valence-corrected chi connectivity index (χ0v) is 60.8. The summed E-state index contributed by atoms with van der Waals surface area (Å²) in [4.78, 5) is 72.6. The lowest BCUT2D eigenvalue weighted by Gasteiger charge is -2.21. The lowest BCUT2D eigenvalue weighted by Crippen LogP contribution is -2.30. The van der Waals surface area contributed by atoms with E-state index in [-0.39, 0.29) is 25.7 Å². The first-order valence-corrected chi connectivity index (χ1v) is 40.7. The van der Waals surface area contributed by atoms with Crippen molar-refractivity contribution in [2.24, 2.45) is 5.92 Å². The van der Waals surface area contributed by atoms with E-state index in [1.807, 2.05) is 0 Å². The van der Waals surface area contributed by atoms with Gasteiger partial charge in [-0.15, -0.1) is 0 Å². The number of aliphatic hydroxyl groups is 1. The highest BCUT2D eigenvalue weighted by Crippen LogP contribution is 2.45. The van der Waals surface area contributed by atoms with Gasteiger partial charge in [-0.25, -0.2) is 9.13 Å². The maximum atomic E-state index is 13.0. The number of carbonyl (C=O) groups is 4. The van der Waals surface area contributed by atoms with Crippen molar-refractivity contribution in [1.82, 2.24) is 0 Å². The zero-order chi connectivity index (χ0) is 67.0. The first-order valence-electron chi connectivity index (χ1n) is 37.7. The van der Waals surface area contributed by atoms with Gasteiger partial charge in [-0.1, -0.05) is 324 Å². The molecule has 0 aliphatic carbocycles. The van der Waals surface area contributed by atoms with Gasteiger partial charge in [-0.05, 0) is 31.6 Å². The van der Waals surface area contributed by atoms with Gasteiger partial charge in [0.15, 0.2) is 12.2 Å². The number of ether oxygens (including phenoxy) is 4. The summed E-state index contributed by atoms with van der Waals surface area (Å²) in [6.45, 7) is 7.28. The van der Waals surface area contributed by atoms with Crippen LogP contribution in [0.1, 0.15) is 375 Å². The van der Waals surface area contributed by atoms with Crippen LogP contribution < -0.4 is 0 Å². The Morgan fingerprint density at radius 2 is 0.527 bits per heavy atom. The fourth-order valence-corrected chi connectivity index (χ4v) is 12.5. The maximum absolute atomic E-state index is 13.0. The van der Waals surface area contributed by atoms with Gasteiger partial charge in [-0.3, -0.25) is 37.3 Å². The number of hydrogen-bond donors (Lipinski definition) is 3. The van der Waals surface area contributed by atoms with Gasteiger partial charge < -0.3 is 33.8 Å². The summed E-state index contributed by atoms with van der Waals surface area (Å²) in [6, 6.07) is 0. The number of esters is 4. The third-order valence-corrected chi connectivity index (χ3v) is 19.0. The van der Waals surface area contributed by atoms with E-state index >= 15 is 0 Å². The van der Waals surface area contributed by atoms with E-state index in [0.29, 0.717) is 25.7 Å². The van der Waals surface area contributed by atoms with Crippen molar-refractivity contribution in [2.75, 3.05) is 39.6 Å². The van der Waals surface area contributed by atoms with Crippen molar-refractivity contribution >= 4 is 39.5 Å². The number of carbonyl (C=O) groups excluding carboxylic acids is 4. The second-order valence-corrected chi connectivity index (χ2v) is 29.1. The van der Waals surface area contributed by atoms with E-state index in [0.717, 1.165) is 95.8 Å². The average molecular weight is 1340 g/mol. The fraction of sp³-hybridized carbons (Fsp3) is 0.944. The molecule has 0 spiro atoms.